The molecule has 0 saturated carbocycles. The average Bonchev–Trinajstić information content (AvgIpc) is 2.44. The Morgan fingerprint density at radius 1 is 1.47 bits per heavy atom. The minimum atomic E-state index is 0. The number of hydrogen-bond donors (Lipinski definition) is 1. The van der Waals surface area contributed by atoms with Crippen LogP contribution in [-0.2, 0) is 12.8 Å². The van der Waals surface area contributed by atoms with Crippen molar-refractivity contribution in [3.8, 4) is 0 Å². The molecular formula is C10H18Cl2N2S. The summed E-state index contributed by atoms with van der Waals surface area (Å²) >= 11 is 1.69. The molecule has 0 amide bonds. The van der Waals surface area contributed by atoms with Crippen molar-refractivity contribution in [2.24, 2.45) is 5.92 Å². The standard InChI is InChI=1S/C10H16N2S.2ClH/c1-2-3-7-4-5-8-9(6-7)13-10(11)12-8;;/h7H,2-6H2,1H3,(H2,11,12);2*1H/t7-;;/m1../s1. The Hall–Kier alpha value is 0.01000. The molecule has 1 atom stereocenters. The minimum Gasteiger partial charge on any atom is -0.375 e. The zero-order valence-electron chi connectivity index (χ0n) is 8.86. The van der Waals surface area contributed by atoms with Gasteiger partial charge in [0.15, 0.2) is 5.13 Å². The first-order valence-electron chi connectivity index (χ1n) is 5.03. The molecule has 1 aliphatic rings. The number of rotatable bonds is 2. The Labute approximate surface area is 107 Å². The van der Waals surface area contributed by atoms with Crippen LogP contribution in [0.4, 0.5) is 5.13 Å². The zero-order chi connectivity index (χ0) is 9.26. The number of anilines is 1. The number of halogens is 2. The molecule has 0 fully saturated rings. The topological polar surface area (TPSA) is 38.9 Å². The van der Waals surface area contributed by atoms with Gasteiger partial charge in [0.05, 0.1) is 5.69 Å². The highest BCUT2D eigenvalue weighted by Gasteiger charge is 2.20. The quantitative estimate of drug-likeness (QED) is 0.892. The second kappa shape index (κ2) is 6.56. The van der Waals surface area contributed by atoms with Gasteiger partial charge in [0.25, 0.3) is 0 Å². The highest BCUT2D eigenvalue weighted by Crippen LogP contribution is 2.32. The Kier molecular flexibility index (Phi) is 6.57. The molecule has 0 bridgehead atoms. The molecule has 1 heterocycles. The molecule has 0 spiro atoms. The molecule has 2 N–H and O–H groups in total. The minimum absolute atomic E-state index is 0. The molecule has 1 aromatic heterocycles. The van der Waals surface area contributed by atoms with Crippen molar-refractivity contribution >= 4 is 41.3 Å². The molecule has 0 unspecified atom stereocenters. The third-order valence-corrected chi connectivity index (χ3v) is 3.70. The van der Waals surface area contributed by atoms with E-state index in [1.54, 1.807) is 11.3 Å². The van der Waals surface area contributed by atoms with Gasteiger partial charge in [-0.25, -0.2) is 4.98 Å². The van der Waals surface area contributed by atoms with E-state index in [1.165, 1.54) is 36.3 Å². The van der Waals surface area contributed by atoms with Gasteiger partial charge in [-0.3, -0.25) is 0 Å². The molecule has 1 aromatic rings. The molecule has 2 nitrogen and oxygen atoms in total. The summed E-state index contributed by atoms with van der Waals surface area (Å²) in [6.45, 7) is 2.26. The van der Waals surface area contributed by atoms with Crippen LogP contribution in [0.3, 0.4) is 0 Å². The van der Waals surface area contributed by atoms with Gasteiger partial charge in [-0.05, 0) is 25.2 Å². The van der Waals surface area contributed by atoms with Crippen molar-refractivity contribution in [3.63, 3.8) is 0 Å². The van der Waals surface area contributed by atoms with Crippen molar-refractivity contribution in [3.05, 3.63) is 10.6 Å². The summed E-state index contributed by atoms with van der Waals surface area (Å²) in [4.78, 5) is 5.79. The lowest BCUT2D eigenvalue weighted by Crippen LogP contribution is -2.12. The van der Waals surface area contributed by atoms with Crippen molar-refractivity contribution in [1.29, 1.82) is 0 Å². The van der Waals surface area contributed by atoms with Crippen LogP contribution in [0.1, 0.15) is 36.8 Å². The Bertz CT molecular complexity index is 302. The number of fused-ring (bicyclic) bond motifs is 1. The zero-order valence-corrected chi connectivity index (χ0v) is 11.3. The lowest BCUT2D eigenvalue weighted by molar-refractivity contribution is 0.424. The van der Waals surface area contributed by atoms with Gasteiger partial charge in [0.1, 0.15) is 0 Å². The first kappa shape index (κ1) is 15.0. The predicted octanol–water partition coefficient (Wildman–Crippen LogP) is 3.47. The van der Waals surface area contributed by atoms with Crippen molar-refractivity contribution < 1.29 is 0 Å². The number of nitrogens with zero attached hydrogens (tertiary/aromatic N) is 1. The van der Waals surface area contributed by atoms with Gasteiger partial charge in [-0.15, -0.1) is 36.2 Å². The second-order valence-corrected chi connectivity index (χ2v) is 4.93. The van der Waals surface area contributed by atoms with Crippen LogP contribution in [-0.4, -0.2) is 4.98 Å². The molecule has 15 heavy (non-hydrogen) atoms. The summed E-state index contributed by atoms with van der Waals surface area (Å²) in [5, 5.41) is 0.752. The number of aromatic nitrogens is 1. The van der Waals surface area contributed by atoms with E-state index in [9.17, 15) is 0 Å². The summed E-state index contributed by atoms with van der Waals surface area (Å²) < 4.78 is 0. The first-order valence-corrected chi connectivity index (χ1v) is 5.85. The highest BCUT2D eigenvalue weighted by atomic mass is 35.5. The van der Waals surface area contributed by atoms with Crippen LogP contribution >= 0.6 is 36.2 Å². The largest absolute Gasteiger partial charge is 0.375 e. The van der Waals surface area contributed by atoms with E-state index in [0.717, 1.165) is 17.5 Å². The molecule has 0 aromatic carbocycles. The monoisotopic (exact) mass is 268 g/mol. The maximum absolute atomic E-state index is 5.69. The maximum Gasteiger partial charge on any atom is 0.180 e. The Balaban J connectivity index is 0.000000980. The van der Waals surface area contributed by atoms with Gasteiger partial charge in [0.2, 0.25) is 0 Å². The van der Waals surface area contributed by atoms with E-state index >= 15 is 0 Å². The van der Waals surface area contributed by atoms with E-state index < -0.39 is 0 Å². The predicted molar refractivity (Wildman–Crippen MR) is 71.4 cm³/mol. The molecule has 88 valence electrons. The molecule has 1 aliphatic carbocycles. The average molecular weight is 269 g/mol. The lowest BCUT2D eigenvalue weighted by Gasteiger charge is -2.19. The Morgan fingerprint density at radius 2 is 2.20 bits per heavy atom. The third kappa shape index (κ3) is 3.51. The molecule has 0 radical (unpaired) electrons. The van der Waals surface area contributed by atoms with Crippen LogP contribution in [0.2, 0.25) is 0 Å². The van der Waals surface area contributed by atoms with Crippen LogP contribution in [0, 0.1) is 5.92 Å². The van der Waals surface area contributed by atoms with Gasteiger partial charge in [-0.1, -0.05) is 19.8 Å². The summed E-state index contributed by atoms with van der Waals surface area (Å²) in [6, 6.07) is 0. The van der Waals surface area contributed by atoms with Gasteiger partial charge in [-0.2, -0.15) is 0 Å². The highest BCUT2D eigenvalue weighted by molar-refractivity contribution is 7.15. The number of nitrogen functional groups attached to an aromatic ring is 1. The summed E-state index contributed by atoms with van der Waals surface area (Å²) in [7, 11) is 0. The summed E-state index contributed by atoms with van der Waals surface area (Å²) in [6.07, 6.45) is 6.33. The van der Waals surface area contributed by atoms with Crippen LogP contribution < -0.4 is 5.73 Å². The van der Waals surface area contributed by atoms with Crippen LogP contribution in [0.15, 0.2) is 0 Å². The molecule has 2 rings (SSSR count). The lowest BCUT2D eigenvalue weighted by atomic mass is 9.88. The fourth-order valence-electron chi connectivity index (χ4n) is 2.12. The summed E-state index contributed by atoms with van der Waals surface area (Å²) in [5.74, 6) is 0.886. The van der Waals surface area contributed by atoms with Crippen molar-refractivity contribution in [2.45, 2.75) is 39.0 Å². The van der Waals surface area contributed by atoms with E-state index in [0.29, 0.717) is 0 Å². The van der Waals surface area contributed by atoms with Crippen LogP contribution in [0.5, 0.6) is 0 Å². The Morgan fingerprint density at radius 3 is 2.87 bits per heavy atom. The molecule has 0 aliphatic heterocycles. The SMILES string of the molecule is CCC[C@@H]1CCc2nc(N)sc2C1.Cl.Cl. The fraction of sp³-hybridized carbons (Fsp3) is 0.700. The number of hydrogen-bond acceptors (Lipinski definition) is 3. The van der Waals surface area contributed by atoms with E-state index in [-0.39, 0.29) is 24.8 Å². The normalized spacial score (nSPS) is 18.6. The fourth-order valence-corrected chi connectivity index (χ4v) is 3.11. The first-order chi connectivity index (χ1) is 6.29. The smallest absolute Gasteiger partial charge is 0.180 e. The van der Waals surface area contributed by atoms with E-state index in [1.807, 2.05) is 0 Å². The van der Waals surface area contributed by atoms with E-state index in [4.69, 9.17) is 5.73 Å². The van der Waals surface area contributed by atoms with Crippen molar-refractivity contribution in [1.82, 2.24) is 4.98 Å². The molecule has 0 saturated heterocycles. The number of thiazole rings is 1. The molecular weight excluding hydrogens is 251 g/mol. The number of nitrogens with two attached hydrogens (primary N) is 1. The van der Waals surface area contributed by atoms with Gasteiger partial charge in [0, 0.05) is 4.88 Å². The van der Waals surface area contributed by atoms with Gasteiger partial charge < -0.3 is 5.73 Å². The summed E-state index contributed by atoms with van der Waals surface area (Å²) in [5.41, 5.74) is 6.96. The number of aryl methyl sites for hydroxylation is 1. The van der Waals surface area contributed by atoms with E-state index in [2.05, 4.69) is 11.9 Å². The van der Waals surface area contributed by atoms with Crippen molar-refractivity contribution in [2.75, 3.05) is 5.73 Å². The second-order valence-electron chi connectivity index (χ2n) is 3.82. The van der Waals surface area contributed by atoms with Crippen LogP contribution in [0.25, 0.3) is 0 Å². The third-order valence-electron chi connectivity index (χ3n) is 2.76. The maximum atomic E-state index is 5.69. The van der Waals surface area contributed by atoms with Gasteiger partial charge >= 0.3 is 0 Å². The molecule has 5 heteroatoms.